The molecule has 10 N–H and O–H groups in total. The van der Waals surface area contributed by atoms with Gasteiger partial charge in [0.05, 0.1) is 43.0 Å². The second-order valence-corrected chi connectivity index (χ2v) is 44.8. The highest BCUT2D eigenvalue weighted by molar-refractivity contribution is 9.10. The number of methoxy groups -OCH3 is 1. The second-order valence-electron chi connectivity index (χ2n) is 29.3. The zero-order chi connectivity index (χ0) is 90.1. The van der Waals surface area contributed by atoms with Crippen LogP contribution in [0.25, 0.3) is 0 Å². The molecule has 2 aliphatic rings. The molecule has 652 valence electrons. The Hall–Kier alpha value is -10.7. The van der Waals surface area contributed by atoms with Crippen molar-refractivity contribution in [3.8, 4) is 5.75 Å². The van der Waals surface area contributed by atoms with Gasteiger partial charge in [-0.25, -0.2) is 19.9 Å². The Bertz CT molecular complexity index is 5860. The summed E-state index contributed by atoms with van der Waals surface area (Å²) in [5.74, 6) is 0.965. The largest absolute Gasteiger partial charge is 0.768 e. The Morgan fingerprint density at radius 2 is 0.927 bits per heavy atom. The van der Waals surface area contributed by atoms with Crippen molar-refractivity contribution in [1.82, 2.24) is 50.1 Å². The molecule has 0 saturated carbocycles. The van der Waals surface area contributed by atoms with Crippen LogP contribution in [0.5, 0.6) is 5.75 Å². The van der Waals surface area contributed by atoms with Crippen LogP contribution in [0.1, 0.15) is 22.3 Å². The first-order valence-electron chi connectivity index (χ1n) is 37.5. The number of carbonyl (C=O) groups is 1. The number of nitrogens with zero attached hydrogens (tertiary/aromatic N) is 9. The molecule has 1 saturated heterocycles. The van der Waals surface area contributed by atoms with Crippen LogP contribution in [0.3, 0.4) is 0 Å². The summed E-state index contributed by atoms with van der Waals surface area (Å²) in [6.45, 7) is 20.0. The van der Waals surface area contributed by atoms with Crippen molar-refractivity contribution in [2.45, 2.75) is 30.6 Å². The molecule has 1 amide bonds. The van der Waals surface area contributed by atoms with E-state index in [4.69, 9.17) is 27.9 Å². The van der Waals surface area contributed by atoms with Gasteiger partial charge in [-0.15, -0.1) is 0 Å². The number of alkyl halides is 6. The number of hydrogen-bond acceptors (Lipinski definition) is 26. The molecule has 14 rings (SSSR count). The molecule has 4 aromatic heterocycles. The number of anilines is 17. The highest BCUT2D eigenvalue weighted by Gasteiger charge is 2.37. The third-order valence-corrected chi connectivity index (χ3v) is 25.9. The molecule has 1 unspecified atom stereocenters. The lowest BCUT2D eigenvalue weighted by Crippen LogP contribution is -2.40. The molecule has 27 nitrogen and oxygen atoms in total. The minimum Gasteiger partial charge on any atom is -0.768 e. The van der Waals surface area contributed by atoms with Crippen LogP contribution in [-0.2, 0) is 52.9 Å². The van der Waals surface area contributed by atoms with Crippen LogP contribution < -0.4 is 79.1 Å². The molecule has 12 aromatic rings. The fraction of sp³-hybridized carbons (Fsp3) is 0.217. The number of nitrogens with one attached hydrogen (secondary N) is 10. The summed E-state index contributed by atoms with van der Waals surface area (Å²) < 4.78 is 158. The second kappa shape index (κ2) is 41.9. The minimum absolute atomic E-state index is 0.000531. The molecule has 41 heteroatoms. The van der Waals surface area contributed by atoms with Crippen LogP contribution >= 0.6 is 67.7 Å². The van der Waals surface area contributed by atoms with Gasteiger partial charge in [-0.05, 0) is 229 Å². The average Bonchev–Trinajstić information content (AvgIpc) is 1.21. The van der Waals surface area contributed by atoms with Gasteiger partial charge in [0.15, 0.2) is 11.6 Å². The van der Waals surface area contributed by atoms with Crippen molar-refractivity contribution in [3.63, 3.8) is 0 Å². The maximum absolute atomic E-state index is 13.4. The molecular formula is C83H87BrCl2F6N19O8P4S-. The third kappa shape index (κ3) is 28.2. The maximum atomic E-state index is 13.4. The third-order valence-electron chi connectivity index (χ3n) is 18.0. The number of aryl methyl sites for hydroxylation is 1. The molecule has 6 heterocycles. The van der Waals surface area contributed by atoms with E-state index in [1.807, 2.05) is 55.5 Å². The lowest BCUT2D eigenvalue weighted by atomic mass is 10.1. The fourth-order valence-electron chi connectivity index (χ4n) is 11.6. The summed E-state index contributed by atoms with van der Waals surface area (Å²) in [6, 6.07) is 51.8. The summed E-state index contributed by atoms with van der Waals surface area (Å²) in [6.07, 6.45) is -4.50. The Morgan fingerprint density at radius 3 is 1.40 bits per heavy atom. The molecule has 0 spiro atoms. The molecule has 0 aliphatic carbocycles. The number of piperazine rings is 1. The van der Waals surface area contributed by atoms with E-state index in [0.29, 0.717) is 89.2 Å². The lowest BCUT2D eigenvalue weighted by Gasteiger charge is -2.21. The van der Waals surface area contributed by atoms with E-state index < -0.39 is 63.1 Å². The predicted octanol–water partition coefficient (Wildman–Crippen LogP) is 19.5. The molecule has 124 heavy (non-hydrogen) atoms. The van der Waals surface area contributed by atoms with E-state index in [2.05, 4.69) is 121 Å². The molecule has 1 fully saturated rings. The number of para-hydroxylation sites is 2. The van der Waals surface area contributed by atoms with E-state index in [1.165, 1.54) is 38.7 Å². The number of fused-ring (bicyclic) bond motifs is 1. The van der Waals surface area contributed by atoms with Crippen molar-refractivity contribution in [3.05, 3.63) is 244 Å². The molecule has 8 aromatic carbocycles. The topological polar surface area (TPSA) is 361 Å². The van der Waals surface area contributed by atoms with Crippen LogP contribution in [0.4, 0.5) is 125 Å². The van der Waals surface area contributed by atoms with E-state index in [0.717, 1.165) is 53.3 Å². The molecule has 0 bridgehead atoms. The van der Waals surface area contributed by atoms with Crippen molar-refractivity contribution in [2.75, 3.05) is 142 Å². The first kappa shape index (κ1) is 95.6. The van der Waals surface area contributed by atoms with Crippen molar-refractivity contribution >= 4 is 204 Å². The number of halogens is 9. The summed E-state index contributed by atoms with van der Waals surface area (Å²) in [4.78, 5) is 46.7. The fourth-order valence-corrected chi connectivity index (χ4v) is 16.5. The van der Waals surface area contributed by atoms with Gasteiger partial charge in [0.25, 0.3) is 0 Å². The van der Waals surface area contributed by atoms with Crippen molar-refractivity contribution in [1.29, 1.82) is 0 Å². The first-order valence-corrected chi connectivity index (χ1v) is 50.6. The average molecular weight is 1900 g/mol. The van der Waals surface area contributed by atoms with Crippen LogP contribution in [0.2, 0.25) is 10.0 Å². The number of aromatic nitrogens is 8. The van der Waals surface area contributed by atoms with E-state index >= 15 is 0 Å². The highest BCUT2D eigenvalue weighted by Crippen LogP contribution is 2.43. The van der Waals surface area contributed by atoms with Gasteiger partial charge < -0.3 is 85.6 Å². The van der Waals surface area contributed by atoms with Crippen LogP contribution in [0, 0.1) is 6.92 Å². The molecule has 1 atom stereocenters. The normalized spacial score (nSPS) is 13.0. The summed E-state index contributed by atoms with van der Waals surface area (Å²) in [7, 11) is -6.05. The zero-order valence-corrected chi connectivity index (χ0v) is 76.0. The van der Waals surface area contributed by atoms with Gasteiger partial charge in [0.2, 0.25) is 29.7 Å². The number of rotatable bonds is 22. The minimum atomic E-state index is -4.61. The van der Waals surface area contributed by atoms with E-state index in [9.17, 15) is 58.2 Å². The van der Waals surface area contributed by atoms with Crippen molar-refractivity contribution in [2.24, 2.45) is 0 Å². The van der Waals surface area contributed by atoms with Gasteiger partial charge in [-0.3, -0.25) is 9.00 Å². The number of hydrogen-bond donors (Lipinski definition) is 10. The quantitative estimate of drug-likeness (QED) is 0.0171. The van der Waals surface area contributed by atoms with Crippen LogP contribution in [-0.4, -0.2) is 153 Å². The number of likely N-dealkylation sites (N-methyl/N-ethyl adjacent to an activating group) is 1. The van der Waals surface area contributed by atoms with Gasteiger partial charge in [0.1, 0.15) is 67.1 Å². The monoisotopic (exact) mass is 1900 g/mol. The zero-order valence-electron chi connectivity index (χ0n) is 68.6. The number of carbonyl (C=O) groups excluding carboxylic acids is 1. The SMILES string of the molecule is CN1CCNCC1.COc1cc(P(C)(C)=O)ccc1Nc1ncc(Cl)c(Nc2ccccc2S(=O)[O-])n1.CP(C)(=O)c1ccc(Nc2ncc(C(F)(F)F)c(Nc3cccc(Br)c3)n2)cc1.CP(C)(=O)c1ccccc1Nc1nc(Nc2ccc3c(c2)CC(=O)N3)ncc1Cl.Cc1cccc(Nc2nc(Nc3ccc(P(C)(C)=O)cc3)ncc2C(F)(F)F)c1. The molecule has 2 aliphatic heterocycles. The van der Waals surface area contributed by atoms with E-state index in [-0.39, 0.29) is 51.1 Å². The maximum Gasteiger partial charge on any atom is 0.421 e. The Kier molecular flexibility index (Phi) is 32.3. The number of ether oxygens (including phenoxy) is 1. The van der Waals surface area contributed by atoms with E-state index in [1.54, 1.807) is 181 Å². The first-order chi connectivity index (χ1) is 58.4. The Morgan fingerprint density at radius 1 is 0.484 bits per heavy atom. The lowest BCUT2D eigenvalue weighted by molar-refractivity contribution is -0.138. The summed E-state index contributed by atoms with van der Waals surface area (Å²) in [5, 5.41) is 32.9. The van der Waals surface area contributed by atoms with Crippen LogP contribution in [0.15, 0.2) is 216 Å². The highest BCUT2D eigenvalue weighted by atomic mass is 79.9. The van der Waals surface area contributed by atoms with Gasteiger partial charge in [0, 0.05) is 103 Å². The molecular weight excluding hydrogens is 1810 g/mol. The number of benzene rings is 8. The predicted molar refractivity (Wildman–Crippen MR) is 491 cm³/mol. The summed E-state index contributed by atoms with van der Waals surface area (Å²) in [5.41, 5.74) is 5.14. The van der Waals surface area contributed by atoms with Crippen molar-refractivity contribution < 1.29 is 62.9 Å². The van der Waals surface area contributed by atoms with Gasteiger partial charge >= 0.3 is 12.4 Å². The smallest absolute Gasteiger partial charge is 0.421 e. The molecule has 0 radical (unpaired) electrons. The standard InChI is InChI=1S/C20H19ClN5O2P.C20H20F3N4OP.C19H17BrF3N4OP.C19H20ClN4O4PS.C5H12N2/c1-29(2,28)17-6-4-3-5-16(17)25-19-14(21)11-22-20(26-19)23-13-7-8-15-12(9-13)10-18(27)24-15;1-13-5-4-6-15(11-13)25-18-17(20(21,22)23)12-24-19(27-18)26-14-7-9-16(10-8-14)29(2,3)28;1-29(2,28)15-8-6-13(7-9-15)26-18-24-11-16(19(21,22)23)17(27-18)25-14-5-3-4-12(20)10-14;1-28-16-10-12(29(2,3)25)8-9-14(16)23-19-21-11-13(20)18(24-19)22-15-6-4-5-7-17(15)30(26)27;1-7-4-2-6-3-5-7/h3-9,11H,10H2,1-2H3,(H,24,27)(H2,22,23,25,26);4-12H,1-3H3,(H2,24,25,26,27);3-11H,1-2H3,(H2,24,25,26,27);4-11H,1-3H3,(H,26,27)(H2,21,22,23,24);6H,2-5H2,1H3/p-1. The van der Waals surface area contributed by atoms with Gasteiger partial charge in [-0.1, -0.05) is 81.6 Å². The Balaban J connectivity index is 0.000000168. The van der Waals surface area contributed by atoms with Gasteiger partial charge in [-0.2, -0.15) is 46.3 Å². The summed E-state index contributed by atoms with van der Waals surface area (Å²) >= 11 is 13.3. The number of amides is 1. The Labute approximate surface area is 733 Å².